The molecule has 3 nitrogen and oxygen atoms in total. The number of phenolic OH excluding ortho intramolecular Hbond substituents is 1. The molecule has 0 aliphatic heterocycles. The van der Waals surface area contributed by atoms with Gasteiger partial charge in [-0.3, -0.25) is 0 Å². The summed E-state index contributed by atoms with van der Waals surface area (Å²) in [6, 6.07) is 5.11. The molecule has 0 unspecified atom stereocenters. The minimum absolute atomic E-state index is 0.102. The molecule has 0 spiro atoms. The zero-order chi connectivity index (χ0) is 10.7. The Morgan fingerprint density at radius 3 is 2.57 bits per heavy atom. The normalized spacial score (nSPS) is 11.4. The number of hydrogen-bond donors (Lipinski definition) is 2. The van der Waals surface area contributed by atoms with Gasteiger partial charge in [-0.2, -0.15) is 0 Å². The Kier molecular flexibility index (Phi) is 2.92. The smallest absolute Gasteiger partial charge is 0.331 e. The molecule has 0 aliphatic rings. The van der Waals surface area contributed by atoms with E-state index >= 15 is 0 Å². The van der Waals surface area contributed by atoms with Crippen molar-refractivity contribution in [2.45, 2.75) is 13.8 Å². The van der Waals surface area contributed by atoms with Crippen LogP contribution in [0.1, 0.15) is 18.1 Å². The van der Waals surface area contributed by atoms with Crippen molar-refractivity contribution >= 4 is 12.0 Å². The van der Waals surface area contributed by atoms with E-state index in [1.165, 1.54) is 13.0 Å². The standard InChI is InChI=1S/C11H12O3/c1-7-3-4-9(10(12)5-7)6-8(2)11(13)14/h3-6,12H,1-2H3,(H,13,14)/b8-6+. The molecule has 0 heterocycles. The molecule has 0 radical (unpaired) electrons. The first-order chi connectivity index (χ1) is 6.50. The highest BCUT2D eigenvalue weighted by Gasteiger charge is 2.03. The number of aliphatic carboxylic acids is 1. The fraction of sp³-hybridized carbons (Fsp3) is 0.182. The zero-order valence-electron chi connectivity index (χ0n) is 8.11. The van der Waals surface area contributed by atoms with Gasteiger partial charge in [-0.15, -0.1) is 0 Å². The van der Waals surface area contributed by atoms with E-state index in [4.69, 9.17) is 5.11 Å². The number of hydrogen-bond acceptors (Lipinski definition) is 2. The largest absolute Gasteiger partial charge is 0.507 e. The van der Waals surface area contributed by atoms with Gasteiger partial charge >= 0.3 is 5.97 Å². The van der Waals surface area contributed by atoms with E-state index in [1.54, 1.807) is 12.1 Å². The van der Waals surface area contributed by atoms with Crippen molar-refractivity contribution in [2.24, 2.45) is 0 Å². The summed E-state index contributed by atoms with van der Waals surface area (Å²) in [5, 5.41) is 18.1. The van der Waals surface area contributed by atoms with Gasteiger partial charge in [-0.05, 0) is 31.6 Å². The van der Waals surface area contributed by atoms with E-state index in [2.05, 4.69) is 0 Å². The van der Waals surface area contributed by atoms with Crippen LogP contribution in [0.4, 0.5) is 0 Å². The van der Waals surface area contributed by atoms with Crippen LogP contribution in [0.5, 0.6) is 5.75 Å². The molecule has 0 aromatic heterocycles. The molecule has 0 atom stereocenters. The average molecular weight is 192 g/mol. The molecular formula is C11H12O3. The summed E-state index contributed by atoms with van der Waals surface area (Å²) in [6.45, 7) is 3.35. The Bertz CT molecular complexity index is 392. The molecule has 14 heavy (non-hydrogen) atoms. The molecule has 0 saturated heterocycles. The number of benzene rings is 1. The second-order valence-corrected chi connectivity index (χ2v) is 3.19. The molecule has 0 aliphatic carbocycles. The SMILES string of the molecule is C/C(=C\c1ccc(C)cc1O)C(=O)O. The summed E-state index contributed by atoms with van der Waals surface area (Å²) in [6.07, 6.45) is 1.44. The summed E-state index contributed by atoms with van der Waals surface area (Å²) < 4.78 is 0. The fourth-order valence-corrected chi connectivity index (χ4v) is 1.07. The van der Waals surface area contributed by atoms with Crippen molar-refractivity contribution in [3.63, 3.8) is 0 Å². The van der Waals surface area contributed by atoms with Crippen molar-refractivity contribution in [2.75, 3.05) is 0 Å². The van der Waals surface area contributed by atoms with Crippen molar-refractivity contribution < 1.29 is 15.0 Å². The van der Waals surface area contributed by atoms with Gasteiger partial charge in [0.25, 0.3) is 0 Å². The Morgan fingerprint density at radius 1 is 1.43 bits per heavy atom. The summed E-state index contributed by atoms with van der Waals surface area (Å²) >= 11 is 0. The van der Waals surface area contributed by atoms with Gasteiger partial charge in [0.15, 0.2) is 0 Å². The van der Waals surface area contributed by atoms with Gasteiger partial charge in [-0.25, -0.2) is 4.79 Å². The van der Waals surface area contributed by atoms with Gasteiger partial charge in [0.1, 0.15) is 5.75 Å². The summed E-state index contributed by atoms with van der Waals surface area (Å²) in [4.78, 5) is 10.5. The van der Waals surface area contributed by atoms with Crippen LogP contribution in [0.25, 0.3) is 6.08 Å². The minimum Gasteiger partial charge on any atom is -0.507 e. The van der Waals surface area contributed by atoms with Crippen LogP contribution in [0.15, 0.2) is 23.8 Å². The lowest BCUT2D eigenvalue weighted by Gasteiger charge is -2.01. The van der Waals surface area contributed by atoms with E-state index in [0.29, 0.717) is 5.56 Å². The van der Waals surface area contributed by atoms with Gasteiger partial charge in [0.2, 0.25) is 0 Å². The monoisotopic (exact) mass is 192 g/mol. The molecule has 0 amide bonds. The van der Waals surface area contributed by atoms with E-state index in [9.17, 15) is 9.90 Å². The number of phenols is 1. The molecule has 1 aromatic rings. The zero-order valence-corrected chi connectivity index (χ0v) is 8.11. The Morgan fingerprint density at radius 2 is 2.07 bits per heavy atom. The van der Waals surface area contributed by atoms with Gasteiger partial charge in [-0.1, -0.05) is 12.1 Å². The second kappa shape index (κ2) is 3.96. The van der Waals surface area contributed by atoms with Crippen molar-refractivity contribution in [3.05, 3.63) is 34.9 Å². The molecule has 1 aromatic carbocycles. The molecule has 74 valence electrons. The molecule has 2 N–H and O–H groups in total. The lowest BCUT2D eigenvalue weighted by atomic mass is 10.1. The predicted molar refractivity (Wildman–Crippen MR) is 54.1 cm³/mol. The maximum Gasteiger partial charge on any atom is 0.331 e. The van der Waals surface area contributed by atoms with Gasteiger partial charge in [0, 0.05) is 11.1 Å². The van der Waals surface area contributed by atoms with Crippen LogP contribution >= 0.6 is 0 Å². The lowest BCUT2D eigenvalue weighted by Crippen LogP contribution is -1.95. The van der Waals surface area contributed by atoms with Crippen LogP contribution in [0.3, 0.4) is 0 Å². The Balaban J connectivity index is 3.09. The maximum atomic E-state index is 10.5. The third kappa shape index (κ3) is 2.36. The van der Waals surface area contributed by atoms with E-state index in [-0.39, 0.29) is 11.3 Å². The average Bonchev–Trinajstić information content (AvgIpc) is 2.09. The van der Waals surface area contributed by atoms with Crippen LogP contribution in [-0.2, 0) is 4.79 Å². The van der Waals surface area contributed by atoms with E-state index < -0.39 is 5.97 Å². The first-order valence-corrected chi connectivity index (χ1v) is 4.22. The van der Waals surface area contributed by atoms with Gasteiger partial charge in [0.05, 0.1) is 0 Å². The number of aryl methyl sites for hydroxylation is 1. The van der Waals surface area contributed by atoms with E-state index in [0.717, 1.165) is 5.56 Å². The van der Waals surface area contributed by atoms with Crippen molar-refractivity contribution in [3.8, 4) is 5.75 Å². The number of aromatic hydroxyl groups is 1. The quantitative estimate of drug-likeness (QED) is 0.706. The molecule has 0 fully saturated rings. The summed E-state index contributed by atoms with van der Waals surface area (Å²) in [7, 11) is 0. The van der Waals surface area contributed by atoms with Crippen LogP contribution in [0.2, 0.25) is 0 Å². The first-order valence-electron chi connectivity index (χ1n) is 4.22. The van der Waals surface area contributed by atoms with Crippen LogP contribution < -0.4 is 0 Å². The highest BCUT2D eigenvalue weighted by atomic mass is 16.4. The number of carboxylic acid groups (broad SMARTS) is 1. The minimum atomic E-state index is -0.982. The van der Waals surface area contributed by atoms with E-state index in [1.807, 2.05) is 13.0 Å². The highest BCUT2D eigenvalue weighted by Crippen LogP contribution is 2.21. The molecule has 3 heteroatoms. The molecule has 1 rings (SSSR count). The third-order valence-electron chi connectivity index (χ3n) is 1.90. The van der Waals surface area contributed by atoms with Crippen LogP contribution in [-0.4, -0.2) is 16.2 Å². The number of rotatable bonds is 2. The Labute approximate surface area is 82.3 Å². The third-order valence-corrected chi connectivity index (χ3v) is 1.90. The van der Waals surface area contributed by atoms with Crippen molar-refractivity contribution in [1.82, 2.24) is 0 Å². The predicted octanol–water partition coefficient (Wildman–Crippen LogP) is 2.19. The van der Waals surface area contributed by atoms with Crippen molar-refractivity contribution in [1.29, 1.82) is 0 Å². The number of carbonyl (C=O) groups is 1. The molecule has 0 bridgehead atoms. The van der Waals surface area contributed by atoms with Crippen LogP contribution in [0, 0.1) is 6.92 Å². The topological polar surface area (TPSA) is 57.5 Å². The van der Waals surface area contributed by atoms with Gasteiger partial charge < -0.3 is 10.2 Å². The highest BCUT2D eigenvalue weighted by molar-refractivity contribution is 5.91. The molecular weight excluding hydrogens is 180 g/mol. The lowest BCUT2D eigenvalue weighted by molar-refractivity contribution is -0.132. The second-order valence-electron chi connectivity index (χ2n) is 3.19. The maximum absolute atomic E-state index is 10.5. The fourth-order valence-electron chi connectivity index (χ4n) is 1.07. The Hall–Kier alpha value is -1.77. The summed E-state index contributed by atoms with van der Waals surface area (Å²) in [5.41, 5.74) is 1.66. The number of carboxylic acids is 1. The summed E-state index contributed by atoms with van der Waals surface area (Å²) in [5.74, 6) is -0.879. The molecule has 0 saturated carbocycles. The first kappa shape index (κ1) is 10.3.